The van der Waals surface area contributed by atoms with Crippen molar-refractivity contribution in [1.29, 1.82) is 0 Å². The minimum Gasteiger partial charge on any atom is -0.496 e. The molecule has 0 spiro atoms. The largest absolute Gasteiger partial charge is 0.496 e. The lowest BCUT2D eigenvalue weighted by molar-refractivity contribution is -0.126. The van der Waals surface area contributed by atoms with Gasteiger partial charge in [-0.1, -0.05) is 6.07 Å². The molecule has 0 unspecified atom stereocenters. The number of nitrogens with one attached hydrogen (secondary N) is 1. The number of hydrogen-bond donors (Lipinski definition) is 1. The lowest BCUT2D eigenvalue weighted by Crippen LogP contribution is -2.56. The molecular weight excluding hydrogens is 416 g/mol. The van der Waals surface area contributed by atoms with Crippen molar-refractivity contribution in [3.63, 3.8) is 0 Å². The SMILES string of the molecule is COc1cccc2c1cc1c(=O)n(CC(=O)N[C@H](C)C34CC5CC(CC(C5)C3)C4)nc(C)n12. The average Bonchev–Trinajstić information content (AvgIpc) is 3.17. The second-order valence-electron chi connectivity index (χ2n) is 10.8. The fourth-order valence-corrected chi connectivity index (χ4v) is 7.68. The van der Waals surface area contributed by atoms with Gasteiger partial charge in [0.15, 0.2) is 0 Å². The van der Waals surface area contributed by atoms with Gasteiger partial charge < -0.3 is 10.1 Å². The second kappa shape index (κ2) is 7.34. The second-order valence-corrected chi connectivity index (χ2v) is 10.8. The predicted octanol–water partition coefficient (Wildman–Crippen LogP) is 3.69. The summed E-state index contributed by atoms with van der Waals surface area (Å²) < 4.78 is 8.61. The van der Waals surface area contributed by atoms with E-state index in [1.165, 1.54) is 43.2 Å². The Bertz CT molecular complexity index is 1290. The van der Waals surface area contributed by atoms with Crippen molar-refractivity contribution >= 4 is 22.3 Å². The number of hydrogen-bond acceptors (Lipinski definition) is 4. The van der Waals surface area contributed by atoms with Gasteiger partial charge in [-0.15, -0.1) is 0 Å². The summed E-state index contributed by atoms with van der Waals surface area (Å²) in [5.74, 6) is 3.75. The van der Waals surface area contributed by atoms with Crippen molar-refractivity contribution in [3.05, 3.63) is 40.4 Å². The van der Waals surface area contributed by atoms with E-state index >= 15 is 0 Å². The molecule has 0 radical (unpaired) electrons. The highest BCUT2D eigenvalue weighted by Gasteiger charge is 2.53. The molecule has 4 saturated carbocycles. The van der Waals surface area contributed by atoms with Gasteiger partial charge >= 0.3 is 0 Å². The van der Waals surface area contributed by atoms with Crippen molar-refractivity contribution < 1.29 is 9.53 Å². The molecular formula is C26H32N4O3. The van der Waals surface area contributed by atoms with Crippen molar-refractivity contribution in [2.24, 2.45) is 23.2 Å². The first-order valence-corrected chi connectivity index (χ1v) is 12.2. The van der Waals surface area contributed by atoms with Gasteiger partial charge in [0, 0.05) is 11.4 Å². The number of fused-ring (bicyclic) bond motifs is 3. The zero-order chi connectivity index (χ0) is 22.9. The molecule has 1 aromatic carbocycles. The van der Waals surface area contributed by atoms with Gasteiger partial charge in [-0.3, -0.25) is 14.0 Å². The summed E-state index contributed by atoms with van der Waals surface area (Å²) in [4.78, 5) is 26.3. The van der Waals surface area contributed by atoms with Gasteiger partial charge in [-0.25, -0.2) is 4.68 Å². The lowest BCUT2D eigenvalue weighted by Gasteiger charge is -2.59. The zero-order valence-corrected chi connectivity index (χ0v) is 19.6. The fourth-order valence-electron chi connectivity index (χ4n) is 7.68. The third kappa shape index (κ3) is 3.19. The molecule has 7 rings (SSSR count). The average molecular weight is 449 g/mol. The molecule has 0 aliphatic heterocycles. The van der Waals surface area contributed by atoms with E-state index in [1.807, 2.05) is 35.6 Å². The van der Waals surface area contributed by atoms with Gasteiger partial charge in [0.2, 0.25) is 5.91 Å². The summed E-state index contributed by atoms with van der Waals surface area (Å²) >= 11 is 0. The number of nitrogens with zero attached hydrogens (tertiary/aromatic N) is 3. The third-order valence-electron chi connectivity index (χ3n) is 8.74. The van der Waals surface area contributed by atoms with E-state index in [9.17, 15) is 9.59 Å². The first-order valence-electron chi connectivity index (χ1n) is 12.2. The van der Waals surface area contributed by atoms with E-state index in [4.69, 9.17) is 4.74 Å². The van der Waals surface area contributed by atoms with Crippen LogP contribution in [0.5, 0.6) is 5.75 Å². The predicted molar refractivity (Wildman–Crippen MR) is 126 cm³/mol. The van der Waals surface area contributed by atoms with Crippen molar-refractivity contribution in [3.8, 4) is 5.75 Å². The van der Waals surface area contributed by atoms with E-state index in [-0.39, 0.29) is 29.5 Å². The number of ether oxygens (including phenoxy) is 1. The highest BCUT2D eigenvalue weighted by atomic mass is 16.5. The molecule has 4 aliphatic carbocycles. The topological polar surface area (TPSA) is 77.6 Å². The summed E-state index contributed by atoms with van der Waals surface area (Å²) in [7, 11) is 1.62. The maximum atomic E-state index is 13.3. The lowest BCUT2D eigenvalue weighted by atomic mass is 9.48. The van der Waals surface area contributed by atoms with Crippen LogP contribution in [0.2, 0.25) is 0 Å². The van der Waals surface area contributed by atoms with Crippen LogP contribution in [-0.4, -0.2) is 33.2 Å². The number of benzene rings is 1. The van der Waals surface area contributed by atoms with E-state index in [0.717, 1.165) is 28.7 Å². The normalized spacial score (nSPS) is 29.0. The first-order chi connectivity index (χ1) is 15.9. The van der Waals surface area contributed by atoms with E-state index in [1.54, 1.807) is 7.11 Å². The molecule has 2 aromatic heterocycles. The molecule has 174 valence electrons. The zero-order valence-electron chi connectivity index (χ0n) is 19.6. The molecule has 0 saturated heterocycles. The van der Waals surface area contributed by atoms with E-state index < -0.39 is 0 Å². The van der Waals surface area contributed by atoms with Crippen LogP contribution in [0, 0.1) is 30.1 Å². The van der Waals surface area contributed by atoms with Crippen molar-refractivity contribution in [2.75, 3.05) is 7.11 Å². The maximum Gasteiger partial charge on any atom is 0.291 e. The van der Waals surface area contributed by atoms with Gasteiger partial charge in [-0.05, 0) is 93.7 Å². The number of aryl methyl sites for hydroxylation is 1. The first kappa shape index (κ1) is 20.8. The van der Waals surface area contributed by atoms with Crippen LogP contribution in [0.1, 0.15) is 51.3 Å². The Kier molecular flexibility index (Phi) is 4.61. The molecule has 1 N–H and O–H groups in total. The van der Waals surface area contributed by atoms with Crippen LogP contribution in [0.4, 0.5) is 0 Å². The Labute approximate surface area is 193 Å². The number of carbonyl (C=O) groups excluding carboxylic acids is 1. The van der Waals surface area contributed by atoms with Crippen LogP contribution < -0.4 is 15.6 Å². The van der Waals surface area contributed by atoms with Crippen LogP contribution in [-0.2, 0) is 11.3 Å². The molecule has 2 heterocycles. The Hall–Kier alpha value is -2.83. The smallest absolute Gasteiger partial charge is 0.291 e. The molecule has 33 heavy (non-hydrogen) atoms. The van der Waals surface area contributed by atoms with Gasteiger partial charge in [-0.2, -0.15) is 5.10 Å². The molecule has 3 aromatic rings. The third-order valence-corrected chi connectivity index (χ3v) is 8.74. The minimum absolute atomic E-state index is 0.0639. The Morgan fingerprint density at radius 2 is 1.85 bits per heavy atom. The fraction of sp³-hybridized carbons (Fsp3) is 0.577. The summed E-state index contributed by atoms with van der Waals surface area (Å²) in [6.45, 7) is 3.96. The molecule has 7 nitrogen and oxygen atoms in total. The quantitative estimate of drug-likeness (QED) is 0.646. The van der Waals surface area contributed by atoms with Gasteiger partial charge in [0.25, 0.3) is 5.56 Å². The summed E-state index contributed by atoms with van der Waals surface area (Å²) in [5.41, 5.74) is 1.34. The summed E-state index contributed by atoms with van der Waals surface area (Å²) in [5, 5.41) is 8.60. The maximum absolute atomic E-state index is 13.3. The van der Waals surface area contributed by atoms with Crippen LogP contribution >= 0.6 is 0 Å². The van der Waals surface area contributed by atoms with Crippen LogP contribution in [0.15, 0.2) is 29.1 Å². The number of aromatic nitrogens is 3. The van der Waals surface area contributed by atoms with E-state index in [2.05, 4.69) is 17.3 Å². The number of carbonyl (C=O) groups is 1. The summed E-state index contributed by atoms with van der Waals surface area (Å²) in [6.07, 6.45) is 7.87. The molecule has 4 aliphatic rings. The van der Waals surface area contributed by atoms with Crippen molar-refractivity contribution in [2.45, 2.75) is 65.0 Å². The Balaban J connectivity index is 1.27. The Morgan fingerprint density at radius 3 is 2.48 bits per heavy atom. The van der Waals surface area contributed by atoms with Gasteiger partial charge in [0.05, 0.1) is 12.6 Å². The monoisotopic (exact) mass is 448 g/mol. The number of methoxy groups -OCH3 is 1. The Morgan fingerprint density at radius 1 is 1.18 bits per heavy atom. The van der Waals surface area contributed by atoms with Crippen molar-refractivity contribution in [1.82, 2.24) is 19.5 Å². The highest BCUT2D eigenvalue weighted by molar-refractivity contribution is 5.92. The number of amides is 1. The molecule has 4 fully saturated rings. The number of rotatable bonds is 5. The summed E-state index contributed by atoms with van der Waals surface area (Å²) in [6, 6.07) is 7.68. The standard InChI is InChI=1S/C26H32N4O3/c1-15(26-11-17-7-18(12-26)9-19(8-17)13-26)27-24(31)14-29-25(32)22-10-20-21(30(22)16(2)28-29)5-4-6-23(20)33-3/h4-6,10,15,17-19H,7-9,11-14H2,1-3H3,(H,27,31)/t15-,17?,18?,19?,26?/m1/s1. The van der Waals surface area contributed by atoms with E-state index in [0.29, 0.717) is 17.1 Å². The molecule has 1 amide bonds. The van der Waals surface area contributed by atoms with Crippen LogP contribution in [0.3, 0.4) is 0 Å². The minimum atomic E-state index is -0.267. The molecule has 1 atom stereocenters. The molecule has 4 bridgehead atoms. The highest BCUT2D eigenvalue weighted by Crippen LogP contribution is 2.61. The van der Waals surface area contributed by atoms with Gasteiger partial charge in [0.1, 0.15) is 23.6 Å². The molecule has 7 heteroatoms. The van der Waals surface area contributed by atoms with Crippen LogP contribution in [0.25, 0.3) is 16.4 Å².